The van der Waals surface area contributed by atoms with Crippen LogP contribution in [0.15, 0.2) is 59.7 Å². The third-order valence-electron chi connectivity index (χ3n) is 5.48. The van der Waals surface area contributed by atoms with E-state index in [-0.39, 0.29) is 30.8 Å². The van der Waals surface area contributed by atoms with Gasteiger partial charge in [0, 0.05) is 12.6 Å². The molecule has 1 aliphatic carbocycles. The van der Waals surface area contributed by atoms with E-state index in [1.165, 1.54) is 17.2 Å². The van der Waals surface area contributed by atoms with Crippen LogP contribution in [0.2, 0.25) is 0 Å². The van der Waals surface area contributed by atoms with Gasteiger partial charge in [-0.15, -0.1) is 6.58 Å². The second kappa shape index (κ2) is 11.2. The second-order valence-corrected chi connectivity index (χ2v) is 7.66. The molecule has 2 N–H and O–H groups in total. The molecule has 32 heavy (non-hydrogen) atoms. The maximum absolute atomic E-state index is 13.3. The van der Waals surface area contributed by atoms with Gasteiger partial charge in [-0.25, -0.2) is 0 Å². The Hall–Kier alpha value is -3.55. The van der Waals surface area contributed by atoms with Gasteiger partial charge in [-0.2, -0.15) is 0 Å². The van der Waals surface area contributed by atoms with Crippen LogP contribution in [0, 0.1) is 0 Å². The first kappa shape index (κ1) is 23.1. The Morgan fingerprint density at radius 3 is 2.53 bits per heavy atom. The fourth-order valence-corrected chi connectivity index (χ4v) is 3.85. The van der Waals surface area contributed by atoms with Gasteiger partial charge in [0.1, 0.15) is 11.8 Å². The largest absolute Gasteiger partial charge is 0.497 e. The zero-order valence-corrected chi connectivity index (χ0v) is 18.2. The van der Waals surface area contributed by atoms with Crippen molar-refractivity contribution in [1.82, 2.24) is 15.5 Å². The monoisotopic (exact) mass is 439 g/mol. The van der Waals surface area contributed by atoms with Gasteiger partial charge in [0.25, 0.3) is 5.91 Å². The maximum Gasteiger partial charge on any atom is 0.287 e. The molecule has 3 amide bonds. The molecule has 8 heteroatoms. The summed E-state index contributed by atoms with van der Waals surface area (Å²) in [6.07, 6.45) is 6.95. The number of nitrogens with one attached hydrogen (secondary N) is 2. The van der Waals surface area contributed by atoms with Gasteiger partial charge in [0.05, 0.1) is 19.9 Å². The predicted molar refractivity (Wildman–Crippen MR) is 119 cm³/mol. The molecule has 1 saturated carbocycles. The molecule has 170 valence electrons. The van der Waals surface area contributed by atoms with E-state index in [1.807, 2.05) is 0 Å². The minimum Gasteiger partial charge on any atom is -0.497 e. The topological polar surface area (TPSA) is 101 Å². The quantitative estimate of drug-likeness (QED) is 0.555. The number of carbonyl (C=O) groups is 3. The number of benzene rings is 1. The molecule has 1 aliphatic rings. The predicted octanol–water partition coefficient (Wildman–Crippen LogP) is 2.83. The molecule has 1 fully saturated rings. The van der Waals surface area contributed by atoms with Crippen molar-refractivity contribution in [2.45, 2.75) is 37.8 Å². The van der Waals surface area contributed by atoms with Gasteiger partial charge < -0.3 is 24.7 Å². The minimum absolute atomic E-state index is 0.0996. The van der Waals surface area contributed by atoms with Crippen molar-refractivity contribution >= 4 is 17.7 Å². The second-order valence-electron chi connectivity index (χ2n) is 7.66. The lowest BCUT2D eigenvalue weighted by atomic mass is 10.0. The number of methoxy groups -OCH3 is 1. The van der Waals surface area contributed by atoms with E-state index >= 15 is 0 Å². The third-order valence-corrected chi connectivity index (χ3v) is 5.48. The van der Waals surface area contributed by atoms with Crippen molar-refractivity contribution in [2.24, 2.45) is 0 Å². The van der Waals surface area contributed by atoms with Gasteiger partial charge in [0.2, 0.25) is 11.8 Å². The molecule has 0 unspecified atom stereocenters. The van der Waals surface area contributed by atoms with E-state index in [0.29, 0.717) is 11.3 Å². The molecule has 1 atom stereocenters. The molecule has 8 nitrogen and oxygen atoms in total. The lowest BCUT2D eigenvalue weighted by Gasteiger charge is -2.31. The minimum atomic E-state index is -0.868. The summed E-state index contributed by atoms with van der Waals surface area (Å²) in [5, 5.41) is 5.64. The van der Waals surface area contributed by atoms with E-state index in [0.717, 1.165) is 25.7 Å². The van der Waals surface area contributed by atoms with Crippen molar-refractivity contribution in [2.75, 3.05) is 20.2 Å². The average molecular weight is 440 g/mol. The maximum atomic E-state index is 13.3. The first-order valence-corrected chi connectivity index (χ1v) is 10.7. The van der Waals surface area contributed by atoms with Crippen molar-refractivity contribution in [3.05, 3.63) is 66.6 Å². The Morgan fingerprint density at radius 2 is 1.94 bits per heavy atom. The highest BCUT2D eigenvalue weighted by molar-refractivity contribution is 5.95. The van der Waals surface area contributed by atoms with Gasteiger partial charge in [0.15, 0.2) is 5.76 Å². The number of hydrogen-bond acceptors (Lipinski definition) is 5. The normalized spacial score (nSPS) is 14.4. The van der Waals surface area contributed by atoms with Crippen LogP contribution >= 0.6 is 0 Å². The summed E-state index contributed by atoms with van der Waals surface area (Å²) in [6.45, 7) is 3.60. The summed E-state index contributed by atoms with van der Waals surface area (Å²) >= 11 is 0. The number of carbonyl (C=O) groups excluding carboxylic acids is 3. The number of furan rings is 1. The van der Waals surface area contributed by atoms with Crippen LogP contribution in [0.25, 0.3) is 0 Å². The van der Waals surface area contributed by atoms with Crippen LogP contribution in [0.1, 0.15) is 47.8 Å². The highest BCUT2D eigenvalue weighted by atomic mass is 16.5. The summed E-state index contributed by atoms with van der Waals surface area (Å²) in [6, 6.07) is 9.37. The smallest absolute Gasteiger partial charge is 0.287 e. The van der Waals surface area contributed by atoms with Crippen LogP contribution in [0.4, 0.5) is 0 Å². The van der Waals surface area contributed by atoms with Crippen LogP contribution in [-0.2, 0) is 9.59 Å². The summed E-state index contributed by atoms with van der Waals surface area (Å²) in [5.41, 5.74) is 0.647. The van der Waals surface area contributed by atoms with Gasteiger partial charge in [-0.05, 0) is 42.7 Å². The van der Waals surface area contributed by atoms with Crippen LogP contribution < -0.4 is 15.4 Å². The molecule has 1 heterocycles. The number of ether oxygens (including phenoxy) is 1. The Balaban J connectivity index is 1.81. The molecule has 2 aromatic rings. The fourth-order valence-electron chi connectivity index (χ4n) is 3.85. The zero-order valence-electron chi connectivity index (χ0n) is 18.2. The Morgan fingerprint density at radius 1 is 1.22 bits per heavy atom. The summed E-state index contributed by atoms with van der Waals surface area (Å²) < 4.78 is 10.3. The molecule has 3 rings (SSSR count). The lowest BCUT2D eigenvalue weighted by molar-refractivity contribution is -0.139. The Labute approximate surface area is 187 Å². The van der Waals surface area contributed by atoms with E-state index in [1.54, 1.807) is 43.5 Å². The van der Waals surface area contributed by atoms with Crippen LogP contribution in [0.5, 0.6) is 5.75 Å². The first-order valence-electron chi connectivity index (χ1n) is 10.7. The summed E-state index contributed by atoms with van der Waals surface area (Å²) in [5.74, 6) is -0.408. The molecular weight excluding hydrogens is 410 g/mol. The van der Waals surface area contributed by atoms with Crippen molar-refractivity contribution in [3.8, 4) is 5.75 Å². The van der Waals surface area contributed by atoms with Gasteiger partial charge in [-0.1, -0.05) is 31.1 Å². The standard InChI is InChI=1S/C24H29N3O5/c1-3-14-27(21(28)16-25-23(29)20-9-6-15-32-20)22(17-10-12-19(31-2)13-11-17)24(30)26-18-7-4-5-8-18/h3,6,9-13,15,18,22H,1,4-5,7-8,14,16H2,2H3,(H,25,29)(H,26,30)/t22-/m0/s1. The summed E-state index contributed by atoms with van der Waals surface area (Å²) in [7, 11) is 1.56. The molecule has 1 aromatic heterocycles. The number of amides is 3. The van der Waals surface area contributed by atoms with E-state index in [4.69, 9.17) is 9.15 Å². The average Bonchev–Trinajstić information content (AvgIpc) is 3.52. The van der Waals surface area contributed by atoms with Crippen LogP contribution in [-0.4, -0.2) is 48.9 Å². The van der Waals surface area contributed by atoms with Gasteiger partial charge in [-0.3, -0.25) is 14.4 Å². The molecule has 0 aliphatic heterocycles. The van der Waals surface area contributed by atoms with E-state index in [2.05, 4.69) is 17.2 Å². The fraction of sp³-hybridized carbons (Fsp3) is 0.375. The van der Waals surface area contributed by atoms with E-state index < -0.39 is 17.9 Å². The number of rotatable bonds is 10. The lowest BCUT2D eigenvalue weighted by Crippen LogP contribution is -2.48. The highest BCUT2D eigenvalue weighted by Gasteiger charge is 2.32. The molecule has 0 radical (unpaired) electrons. The Kier molecular flexibility index (Phi) is 8.08. The molecular formula is C24H29N3O5. The van der Waals surface area contributed by atoms with Crippen molar-refractivity contribution in [3.63, 3.8) is 0 Å². The third kappa shape index (κ3) is 5.78. The summed E-state index contributed by atoms with van der Waals surface area (Å²) in [4.78, 5) is 40.0. The highest BCUT2D eigenvalue weighted by Crippen LogP contribution is 2.26. The Bertz CT molecular complexity index is 918. The SMILES string of the molecule is C=CCN(C(=O)CNC(=O)c1ccco1)[C@H](C(=O)NC1CCCC1)c1ccc(OC)cc1. The first-order chi connectivity index (χ1) is 15.5. The molecule has 0 saturated heterocycles. The zero-order chi connectivity index (χ0) is 22.9. The number of nitrogens with zero attached hydrogens (tertiary/aromatic N) is 1. The van der Waals surface area contributed by atoms with Gasteiger partial charge >= 0.3 is 0 Å². The number of hydrogen-bond donors (Lipinski definition) is 2. The van der Waals surface area contributed by atoms with Crippen molar-refractivity contribution < 1.29 is 23.5 Å². The molecule has 1 aromatic carbocycles. The van der Waals surface area contributed by atoms with Crippen LogP contribution in [0.3, 0.4) is 0 Å². The molecule has 0 bridgehead atoms. The molecule has 0 spiro atoms. The van der Waals surface area contributed by atoms with E-state index in [9.17, 15) is 14.4 Å². The van der Waals surface area contributed by atoms with Crippen molar-refractivity contribution in [1.29, 1.82) is 0 Å².